The van der Waals surface area contributed by atoms with E-state index >= 15 is 0 Å². The summed E-state index contributed by atoms with van der Waals surface area (Å²) in [7, 11) is 0. The Labute approximate surface area is 205 Å². The lowest BCUT2D eigenvalue weighted by molar-refractivity contribution is -0.142. The van der Waals surface area contributed by atoms with E-state index in [2.05, 4.69) is 15.4 Å². The summed E-state index contributed by atoms with van der Waals surface area (Å²) in [5, 5.41) is 6.81. The number of nitrogens with zero attached hydrogens (tertiary/aromatic N) is 5. The molecule has 4 heterocycles. The highest BCUT2D eigenvalue weighted by Crippen LogP contribution is 2.34. The van der Waals surface area contributed by atoms with Crippen LogP contribution in [0.15, 0.2) is 47.5 Å². The van der Waals surface area contributed by atoms with Crippen molar-refractivity contribution in [1.29, 1.82) is 0 Å². The van der Waals surface area contributed by atoms with Crippen LogP contribution in [-0.2, 0) is 17.5 Å². The first-order valence-corrected chi connectivity index (χ1v) is 11.7. The van der Waals surface area contributed by atoms with Crippen molar-refractivity contribution in [1.82, 2.24) is 19.3 Å². The third-order valence-electron chi connectivity index (χ3n) is 5.83. The molecule has 9 nitrogen and oxygen atoms in total. The molecule has 0 radical (unpaired) electrons. The molecule has 0 atom stereocenters. The van der Waals surface area contributed by atoms with Gasteiger partial charge >= 0.3 is 6.18 Å². The molecule has 36 heavy (non-hydrogen) atoms. The highest BCUT2D eigenvalue weighted by molar-refractivity contribution is 6.03. The third kappa shape index (κ3) is 5.93. The highest BCUT2D eigenvalue weighted by Gasteiger charge is 2.37. The Morgan fingerprint density at radius 1 is 1.14 bits per heavy atom. The molecule has 0 spiro atoms. The number of carbonyl (C=O) groups is 1. The summed E-state index contributed by atoms with van der Waals surface area (Å²) in [4.78, 5) is 30.6. The molecule has 4 rings (SSSR count). The van der Waals surface area contributed by atoms with Gasteiger partial charge in [-0.2, -0.15) is 13.2 Å². The van der Waals surface area contributed by atoms with Gasteiger partial charge in [0.2, 0.25) is 0 Å². The van der Waals surface area contributed by atoms with E-state index in [0.29, 0.717) is 32.8 Å². The molecule has 12 heteroatoms. The number of ether oxygens (including phenoxy) is 1. The molecule has 1 N–H and O–H groups in total. The zero-order valence-electron chi connectivity index (χ0n) is 19.8. The molecule has 0 aliphatic carbocycles. The molecule has 192 valence electrons. The van der Waals surface area contributed by atoms with Gasteiger partial charge in [0, 0.05) is 44.6 Å². The van der Waals surface area contributed by atoms with Gasteiger partial charge in [0.05, 0.1) is 24.1 Å². The number of alkyl halides is 3. The second kappa shape index (κ2) is 10.9. The quantitative estimate of drug-likeness (QED) is 0.470. The molecule has 3 aromatic rings. The van der Waals surface area contributed by atoms with Gasteiger partial charge in [0.25, 0.3) is 11.5 Å². The molecule has 0 aromatic carbocycles. The summed E-state index contributed by atoms with van der Waals surface area (Å²) in [6.45, 7) is 4.31. The number of anilines is 2. The lowest BCUT2D eigenvalue weighted by Gasteiger charge is -2.26. The minimum atomic E-state index is -4.60. The van der Waals surface area contributed by atoms with Crippen LogP contribution in [0.3, 0.4) is 0 Å². The summed E-state index contributed by atoms with van der Waals surface area (Å²) in [6, 6.07) is 6.55. The van der Waals surface area contributed by atoms with Crippen molar-refractivity contribution >= 4 is 17.5 Å². The predicted octanol–water partition coefficient (Wildman–Crippen LogP) is 3.73. The van der Waals surface area contributed by atoms with Crippen molar-refractivity contribution in [3.63, 3.8) is 0 Å². The van der Waals surface area contributed by atoms with Crippen LogP contribution in [0.2, 0.25) is 0 Å². The Kier molecular flexibility index (Phi) is 7.73. The van der Waals surface area contributed by atoms with Crippen LogP contribution in [0.25, 0.3) is 5.69 Å². The summed E-state index contributed by atoms with van der Waals surface area (Å²) >= 11 is 0. The van der Waals surface area contributed by atoms with E-state index in [9.17, 15) is 22.8 Å². The number of amides is 1. The fourth-order valence-electron chi connectivity index (χ4n) is 3.97. The van der Waals surface area contributed by atoms with Crippen molar-refractivity contribution in [2.75, 3.05) is 36.5 Å². The van der Waals surface area contributed by atoms with Crippen molar-refractivity contribution in [2.24, 2.45) is 0 Å². The molecule has 1 saturated heterocycles. The van der Waals surface area contributed by atoms with Gasteiger partial charge < -0.3 is 19.5 Å². The van der Waals surface area contributed by atoms with E-state index in [1.165, 1.54) is 41.2 Å². The van der Waals surface area contributed by atoms with Gasteiger partial charge in [-0.05, 0) is 44.4 Å². The first kappa shape index (κ1) is 25.4. The monoisotopic (exact) mass is 504 g/mol. The maximum Gasteiger partial charge on any atom is 0.433 e. The van der Waals surface area contributed by atoms with Gasteiger partial charge in [-0.1, -0.05) is 0 Å². The SMILES string of the molecule is CCOCCn1cc(C(=O)Nc2ccc(-n3nc(N4CCCCC4)cc3C(F)(F)F)cn2)ccc1=O. The van der Waals surface area contributed by atoms with E-state index in [1.54, 1.807) is 0 Å². The zero-order chi connectivity index (χ0) is 25.7. The minimum Gasteiger partial charge on any atom is -0.380 e. The summed E-state index contributed by atoms with van der Waals surface area (Å²) < 4.78 is 48.6. The van der Waals surface area contributed by atoms with Gasteiger partial charge in [-0.15, -0.1) is 5.10 Å². The van der Waals surface area contributed by atoms with Crippen LogP contribution < -0.4 is 15.8 Å². The molecular weight excluding hydrogens is 477 g/mol. The van der Waals surface area contributed by atoms with Crippen LogP contribution in [0, 0.1) is 0 Å². The number of piperidine rings is 1. The van der Waals surface area contributed by atoms with Crippen molar-refractivity contribution in [2.45, 2.75) is 38.9 Å². The molecule has 0 unspecified atom stereocenters. The van der Waals surface area contributed by atoms with Crippen LogP contribution in [-0.4, -0.2) is 51.5 Å². The second-order valence-corrected chi connectivity index (χ2v) is 8.35. The standard InChI is InChI=1S/C24H27F3N6O3/c1-2-36-13-12-32-16-17(6-9-22(32)34)23(35)29-20-8-7-18(15-28-20)33-19(24(25,26)27)14-21(30-33)31-10-4-3-5-11-31/h6-9,14-16H,2-5,10-13H2,1H3,(H,28,29,35). The van der Waals surface area contributed by atoms with Gasteiger partial charge in [0.1, 0.15) is 5.82 Å². The summed E-state index contributed by atoms with van der Waals surface area (Å²) in [6.07, 6.45) is 0.920. The molecule has 1 fully saturated rings. The Morgan fingerprint density at radius 3 is 2.58 bits per heavy atom. The minimum absolute atomic E-state index is 0.119. The molecule has 0 saturated carbocycles. The van der Waals surface area contributed by atoms with Crippen LogP contribution in [0.1, 0.15) is 42.2 Å². The third-order valence-corrected chi connectivity index (χ3v) is 5.83. The topological polar surface area (TPSA) is 94.3 Å². The van der Waals surface area contributed by atoms with Crippen molar-refractivity contribution in [3.05, 3.63) is 64.3 Å². The fourth-order valence-corrected chi connectivity index (χ4v) is 3.97. The molecular formula is C24H27F3N6O3. The van der Waals surface area contributed by atoms with Crippen LogP contribution in [0.5, 0.6) is 0 Å². The fraction of sp³-hybridized carbons (Fsp3) is 0.417. The number of pyridine rings is 2. The van der Waals surface area contributed by atoms with Gasteiger partial charge in [-0.25, -0.2) is 9.67 Å². The summed E-state index contributed by atoms with van der Waals surface area (Å²) in [5.41, 5.74) is -0.809. The van der Waals surface area contributed by atoms with E-state index < -0.39 is 17.8 Å². The highest BCUT2D eigenvalue weighted by atomic mass is 19.4. The number of hydrogen-bond acceptors (Lipinski definition) is 6. The van der Waals surface area contributed by atoms with E-state index in [-0.39, 0.29) is 28.4 Å². The number of hydrogen-bond donors (Lipinski definition) is 1. The van der Waals surface area contributed by atoms with E-state index in [4.69, 9.17) is 4.74 Å². The Morgan fingerprint density at radius 2 is 1.92 bits per heavy atom. The summed E-state index contributed by atoms with van der Waals surface area (Å²) in [5.74, 6) is -0.0884. The molecule has 0 bridgehead atoms. The van der Waals surface area contributed by atoms with Gasteiger partial charge in [-0.3, -0.25) is 9.59 Å². The predicted molar refractivity (Wildman–Crippen MR) is 128 cm³/mol. The van der Waals surface area contributed by atoms with Crippen molar-refractivity contribution < 1.29 is 22.7 Å². The lowest BCUT2D eigenvalue weighted by atomic mass is 10.1. The number of aromatic nitrogens is 4. The molecule has 1 aliphatic rings. The maximum atomic E-state index is 13.7. The molecule has 1 aliphatic heterocycles. The average molecular weight is 505 g/mol. The van der Waals surface area contributed by atoms with E-state index in [1.807, 2.05) is 11.8 Å². The van der Waals surface area contributed by atoms with E-state index in [0.717, 1.165) is 30.0 Å². The largest absolute Gasteiger partial charge is 0.433 e. The Hall–Kier alpha value is -3.67. The Balaban J connectivity index is 1.51. The van der Waals surface area contributed by atoms with Crippen LogP contribution in [0.4, 0.5) is 24.8 Å². The van der Waals surface area contributed by atoms with Crippen molar-refractivity contribution in [3.8, 4) is 5.69 Å². The zero-order valence-corrected chi connectivity index (χ0v) is 19.8. The number of halogens is 3. The van der Waals surface area contributed by atoms with Crippen LogP contribution >= 0.6 is 0 Å². The average Bonchev–Trinajstić information content (AvgIpc) is 3.33. The Bertz CT molecular complexity index is 1250. The first-order chi connectivity index (χ1) is 17.3. The number of rotatable bonds is 8. The van der Waals surface area contributed by atoms with Gasteiger partial charge in [0.15, 0.2) is 11.5 Å². The number of nitrogens with one attached hydrogen (secondary N) is 1. The normalized spacial score (nSPS) is 14.2. The molecule has 3 aromatic heterocycles. The number of carbonyl (C=O) groups excluding carboxylic acids is 1. The first-order valence-electron chi connectivity index (χ1n) is 11.7. The smallest absolute Gasteiger partial charge is 0.380 e. The second-order valence-electron chi connectivity index (χ2n) is 8.35. The maximum absolute atomic E-state index is 13.7. The molecule has 1 amide bonds. The lowest BCUT2D eigenvalue weighted by Crippen LogP contribution is -2.29.